The second-order valence-electron chi connectivity index (χ2n) is 6.89. The van der Waals surface area contributed by atoms with Crippen molar-refractivity contribution < 1.29 is 18.7 Å². The Labute approximate surface area is 152 Å². The van der Waals surface area contributed by atoms with Gasteiger partial charge in [-0.2, -0.15) is 0 Å². The van der Waals surface area contributed by atoms with Crippen LogP contribution in [0.5, 0.6) is 0 Å². The standard InChI is InChI=1S/C18H24ClFO3S/c1-12-7-16(14(19)8-15(12)20)24-11-18(2,3)17(21)23-10-13-5-4-6-22-9-13/h7-8,13H,4-6,9-11H2,1-3H3. The molecule has 24 heavy (non-hydrogen) atoms. The molecule has 0 aliphatic carbocycles. The molecule has 0 saturated carbocycles. The molecule has 3 nitrogen and oxygen atoms in total. The molecule has 0 amide bonds. The van der Waals surface area contributed by atoms with Gasteiger partial charge in [0.25, 0.3) is 0 Å². The summed E-state index contributed by atoms with van der Waals surface area (Å²) in [4.78, 5) is 13.1. The minimum atomic E-state index is -0.647. The molecule has 1 atom stereocenters. The molecular formula is C18H24ClFO3S. The molecular weight excluding hydrogens is 351 g/mol. The van der Waals surface area contributed by atoms with Crippen LogP contribution in [0.3, 0.4) is 0 Å². The number of thioether (sulfide) groups is 1. The Bertz CT molecular complexity index is 586. The smallest absolute Gasteiger partial charge is 0.312 e. The Balaban J connectivity index is 1.87. The SMILES string of the molecule is Cc1cc(SCC(C)(C)C(=O)OCC2CCCOC2)c(Cl)cc1F. The van der Waals surface area contributed by atoms with Gasteiger partial charge in [-0.1, -0.05) is 11.6 Å². The number of aryl methyl sites for hydroxylation is 1. The van der Waals surface area contributed by atoms with Gasteiger partial charge in [-0.15, -0.1) is 11.8 Å². The summed E-state index contributed by atoms with van der Waals surface area (Å²) in [7, 11) is 0. The largest absolute Gasteiger partial charge is 0.465 e. The van der Waals surface area contributed by atoms with Crippen molar-refractivity contribution in [2.24, 2.45) is 11.3 Å². The van der Waals surface area contributed by atoms with Crippen molar-refractivity contribution in [3.05, 3.63) is 28.5 Å². The number of rotatable bonds is 6. The van der Waals surface area contributed by atoms with Crippen LogP contribution < -0.4 is 0 Å². The summed E-state index contributed by atoms with van der Waals surface area (Å²) < 4.78 is 24.3. The second kappa shape index (κ2) is 8.54. The van der Waals surface area contributed by atoms with Gasteiger partial charge < -0.3 is 9.47 Å². The van der Waals surface area contributed by atoms with Gasteiger partial charge in [0, 0.05) is 23.2 Å². The first-order chi connectivity index (χ1) is 11.3. The number of halogens is 2. The Morgan fingerprint density at radius 2 is 2.25 bits per heavy atom. The maximum atomic E-state index is 13.5. The first-order valence-corrected chi connectivity index (χ1v) is 9.49. The van der Waals surface area contributed by atoms with Crippen LogP contribution in [0.15, 0.2) is 17.0 Å². The molecule has 1 unspecified atom stereocenters. The molecule has 0 radical (unpaired) electrons. The van der Waals surface area contributed by atoms with E-state index in [9.17, 15) is 9.18 Å². The van der Waals surface area contributed by atoms with Crippen LogP contribution in [0, 0.1) is 24.1 Å². The average molecular weight is 375 g/mol. The number of benzene rings is 1. The maximum Gasteiger partial charge on any atom is 0.312 e. The van der Waals surface area contributed by atoms with E-state index in [-0.39, 0.29) is 11.8 Å². The van der Waals surface area contributed by atoms with Crippen LogP contribution >= 0.6 is 23.4 Å². The summed E-state index contributed by atoms with van der Waals surface area (Å²) in [6.45, 7) is 7.26. The van der Waals surface area contributed by atoms with Crippen LogP contribution in [0.4, 0.5) is 4.39 Å². The maximum absolute atomic E-state index is 13.5. The quantitative estimate of drug-likeness (QED) is 0.525. The van der Waals surface area contributed by atoms with Gasteiger partial charge in [0.2, 0.25) is 0 Å². The molecule has 2 rings (SSSR count). The number of carbonyl (C=O) groups is 1. The first-order valence-electron chi connectivity index (χ1n) is 8.13. The van der Waals surface area contributed by atoms with Gasteiger partial charge in [0.05, 0.1) is 23.7 Å². The highest BCUT2D eigenvalue weighted by atomic mass is 35.5. The predicted molar refractivity (Wildman–Crippen MR) is 95.2 cm³/mol. The lowest BCUT2D eigenvalue weighted by molar-refractivity contribution is -0.155. The lowest BCUT2D eigenvalue weighted by atomic mass is 9.96. The van der Waals surface area contributed by atoms with Crippen molar-refractivity contribution in [1.82, 2.24) is 0 Å². The molecule has 0 bridgehead atoms. The number of ether oxygens (including phenoxy) is 2. The van der Waals surface area contributed by atoms with Crippen LogP contribution in [-0.4, -0.2) is 31.5 Å². The highest BCUT2D eigenvalue weighted by Gasteiger charge is 2.31. The van der Waals surface area contributed by atoms with E-state index in [1.807, 2.05) is 13.8 Å². The molecule has 1 saturated heterocycles. The predicted octanol–water partition coefficient (Wildman–Crippen LogP) is 4.88. The fourth-order valence-electron chi connectivity index (χ4n) is 2.39. The Morgan fingerprint density at radius 1 is 1.50 bits per heavy atom. The zero-order valence-corrected chi connectivity index (χ0v) is 15.9. The van der Waals surface area contributed by atoms with Crippen molar-refractivity contribution in [3.8, 4) is 0 Å². The normalized spacial score (nSPS) is 18.5. The van der Waals surface area contributed by atoms with Crippen LogP contribution in [-0.2, 0) is 14.3 Å². The van der Waals surface area contributed by atoms with E-state index in [4.69, 9.17) is 21.1 Å². The van der Waals surface area contributed by atoms with Crippen LogP contribution in [0.1, 0.15) is 32.3 Å². The van der Waals surface area contributed by atoms with Gasteiger partial charge in [-0.05, 0) is 51.3 Å². The van der Waals surface area contributed by atoms with Crippen molar-refractivity contribution in [2.45, 2.75) is 38.5 Å². The molecule has 0 aromatic heterocycles. The van der Waals surface area contributed by atoms with Crippen LogP contribution in [0.2, 0.25) is 5.02 Å². The zero-order valence-electron chi connectivity index (χ0n) is 14.4. The van der Waals surface area contributed by atoms with E-state index in [2.05, 4.69) is 0 Å². The molecule has 1 aromatic carbocycles. The molecule has 6 heteroatoms. The minimum absolute atomic E-state index is 0.226. The third-order valence-corrected chi connectivity index (χ3v) is 6.00. The highest BCUT2D eigenvalue weighted by molar-refractivity contribution is 7.99. The second-order valence-corrected chi connectivity index (χ2v) is 8.31. The number of hydrogen-bond donors (Lipinski definition) is 0. The molecule has 1 fully saturated rings. The fraction of sp³-hybridized carbons (Fsp3) is 0.611. The van der Waals surface area contributed by atoms with E-state index in [0.29, 0.717) is 35.5 Å². The Hall–Kier alpha value is -0.780. The van der Waals surface area contributed by atoms with Crippen molar-refractivity contribution >= 4 is 29.3 Å². The minimum Gasteiger partial charge on any atom is -0.465 e. The summed E-state index contributed by atoms with van der Waals surface area (Å²) in [6.07, 6.45) is 2.05. The third kappa shape index (κ3) is 5.36. The summed E-state index contributed by atoms with van der Waals surface area (Å²) in [5.74, 6) is 0.256. The summed E-state index contributed by atoms with van der Waals surface area (Å²) in [5, 5.41) is 0.367. The van der Waals surface area contributed by atoms with E-state index >= 15 is 0 Å². The number of carbonyl (C=O) groups excluding carboxylic acids is 1. The zero-order chi connectivity index (χ0) is 17.7. The average Bonchev–Trinajstić information content (AvgIpc) is 2.55. The summed E-state index contributed by atoms with van der Waals surface area (Å²) in [5.41, 5.74) is -0.106. The number of esters is 1. The Kier molecular flexibility index (Phi) is 6.96. The molecule has 1 aliphatic heterocycles. The van der Waals surface area contributed by atoms with Crippen molar-refractivity contribution in [1.29, 1.82) is 0 Å². The summed E-state index contributed by atoms with van der Waals surface area (Å²) >= 11 is 7.52. The third-order valence-electron chi connectivity index (χ3n) is 4.06. The molecule has 1 heterocycles. The van der Waals surface area contributed by atoms with E-state index in [0.717, 1.165) is 24.3 Å². The lowest BCUT2D eigenvalue weighted by Crippen LogP contribution is -2.32. The molecule has 1 aromatic rings. The van der Waals surface area contributed by atoms with E-state index in [1.54, 1.807) is 13.0 Å². The van der Waals surface area contributed by atoms with Crippen LogP contribution in [0.25, 0.3) is 0 Å². The Morgan fingerprint density at radius 3 is 2.92 bits per heavy atom. The first kappa shape index (κ1) is 19.5. The topological polar surface area (TPSA) is 35.5 Å². The molecule has 0 spiro atoms. The summed E-state index contributed by atoms with van der Waals surface area (Å²) in [6, 6.07) is 3.02. The monoisotopic (exact) mass is 374 g/mol. The lowest BCUT2D eigenvalue weighted by Gasteiger charge is -2.26. The van der Waals surface area contributed by atoms with Crippen molar-refractivity contribution in [3.63, 3.8) is 0 Å². The van der Waals surface area contributed by atoms with Gasteiger partial charge in [-0.3, -0.25) is 4.79 Å². The highest BCUT2D eigenvalue weighted by Crippen LogP contribution is 2.34. The molecule has 134 valence electrons. The fourth-order valence-corrected chi connectivity index (χ4v) is 3.79. The van der Waals surface area contributed by atoms with Crippen molar-refractivity contribution in [2.75, 3.05) is 25.6 Å². The van der Waals surface area contributed by atoms with E-state index in [1.165, 1.54) is 17.8 Å². The van der Waals surface area contributed by atoms with Gasteiger partial charge >= 0.3 is 5.97 Å². The van der Waals surface area contributed by atoms with Gasteiger partial charge in [-0.25, -0.2) is 4.39 Å². The molecule has 0 N–H and O–H groups in total. The van der Waals surface area contributed by atoms with E-state index < -0.39 is 5.41 Å². The molecule has 1 aliphatic rings. The van der Waals surface area contributed by atoms with Gasteiger partial charge in [0.15, 0.2) is 0 Å². The number of hydrogen-bond acceptors (Lipinski definition) is 4. The van der Waals surface area contributed by atoms with Gasteiger partial charge in [0.1, 0.15) is 5.82 Å².